The summed E-state index contributed by atoms with van der Waals surface area (Å²) in [6, 6.07) is 15.7. The number of hydrogen-bond acceptors (Lipinski definition) is 4. The largest absolute Gasteiger partial charge is 0.474 e. The maximum Gasteiger partial charge on any atom is 0.426 e. The number of carbonyl (C=O) groups is 3. The van der Waals surface area contributed by atoms with Crippen LogP contribution in [0.5, 0.6) is 0 Å². The van der Waals surface area contributed by atoms with Crippen LogP contribution in [0.1, 0.15) is 17.0 Å². The van der Waals surface area contributed by atoms with E-state index >= 15 is 0 Å². The van der Waals surface area contributed by atoms with Crippen molar-refractivity contribution in [2.45, 2.75) is 5.92 Å². The van der Waals surface area contributed by atoms with Gasteiger partial charge in [-0.15, -0.1) is 0 Å². The predicted molar refractivity (Wildman–Crippen MR) is 84.0 cm³/mol. The average Bonchev–Trinajstić information content (AvgIpc) is 2.92. The van der Waals surface area contributed by atoms with Crippen LogP contribution in [0.4, 0.5) is 4.79 Å². The molecule has 0 radical (unpaired) electrons. The molecule has 7 nitrogen and oxygen atoms in total. The summed E-state index contributed by atoms with van der Waals surface area (Å²) < 4.78 is 5.11. The molecule has 3 N–H and O–H groups in total. The maximum absolute atomic E-state index is 11.6. The molecule has 0 fully saturated rings. The first-order valence-electron chi connectivity index (χ1n) is 7.22. The Labute approximate surface area is 137 Å². The molecule has 24 heavy (non-hydrogen) atoms. The lowest BCUT2D eigenvalue weighted by atomic mass is 9.98. The first-order chi connectivity index (χ1) is 11.6. The summed E-state index contributed by atoms with van der Waals surface area (Å²) in [6.07, 6.45) is -0.925. The molecule has 3 rings (SSSR count). The SMILES string of the molecule is O=C(NNC(=O)C(=O)O)OCC1c2ccccc2-c2ccccc21. The quantitative estimate of drug-likeness (QED) is 0.575. The number of hydrazine groups is 1. The predicted octanol–water partition coefficient (Wildman–Crippen LogP) is 1.64. The third-order valence-corrected chi connectivity index (χ3v) is 3.82. The van der Waals surface area contributed by atoms with Crippen molar-refractivity contribution in [3.05, 3.63) is 59.7 Å². The number of benzene rings is 2. The fourth-order valence-corrected chi connectivity index (χ4v) is 2.80. The monoisotopic (exact) mass is 326 g/mol. The molecule has 0 saturated heterocycles. The molecule has 0 spiro atoms. The van der Waals surface area contributed by atoms with E-state index in [0.29, 0.717) is 0 Å². The van der Waals surface area contributed by atoms with Crippen molar-refractivity contribution in [3.8, 4) is 11.1 Å². The smallest absolute Gasteiger partial charge is 0.426 e. The highest BCUT2D eigenvalue weighted by Gasteiger charge is 2.29. The van der Waals surface area contributed by atoms with Gasteiger partial charge >= 0.3 is 18.0 Å². The third-order valence-electron chi connectivity index (χ3n) is 3.82. The Balaban J connectivity index is 1.68. The number of nitrogens with one attached hydrogen (secondary N) is 2. The van der Waals surface area contributed by atoms with Gasteiger partial charge in [0.15, 0.2) is 0 Å². The van der Waals surface area contributed by atoms with Crippen molar-refractivity contribution in [1.82, 2.24) is 10.9 Å². The van der Waals surface area contributed by atoms with E-state index in [1.807, 2.05) is 54.0 Å². The number of hydrogen-bond donors (Lipinski definition) is 3. The molecule has 2 amide bonds. The van der Waals surface area contributed by atoms with Crippen LogP contribution in [0.15, 0.2) is 48.5 Å². The first-order valence-corrected chi connectivity index (χ1v) is 7.22. The topological polar surface area (TPSA) is 105 Å². The van der Waals surface area contributed by atoms with Crippen molar-refractivity contribution >= 4 is 18.0 Å². The van der Waals surface area contributed by atoms with Crippen LogP contribution < -0.4 is 10.9 Å². The zero-order valence-corrected chi connectivity index (χ0v) is 12.5. The number of amides is 2. The highest BCUT2D eigenvalue weighted by atomic mass is 16.6. The molecule has 2 aromatic carbocycles. The number of rotatable bonds is 2. The number of ether oxygens (including phenoxy) is 1. The Morgan fingerprint density at radius 1 is 0.917 bits per heavy atom. The van der Waals surface area contributed by atoms with Gasteiger partial charge in [-0.05, 0) is 22.3 Å². The van der Waals surface area contributed by atoms with E-state index in [1.54, 1.807) is 5.43 Å². The summed E-state index contributed by atoms with van der Waals surface area (Å²) in [5, 5.41) is 8.41. The Hall–Kier alpha value is -3.35. The Morgan fingerprint density at radius 2 is 1.46 bits per heavy atom. The zero-order chi connectivity index (χ0) is 17.1. The second-order valence-corrected chi connectivity index (χ2v) is 5.21. The number of carbonyl (C=O) groups excluding carboxylic acids is 2. The summed E-state index contributed by atoms with van der Waals surface area (Å²) in [7, 11) is 0. The summed E-state index contributed by atoms with van der Waals surface area (Å²) in [5.74, 6) is -3.16. The second-order valence-electron chi connectivity index (χ2n) is 5.21. The Morgan fingerprint density at radius 3 is 2.00 bits per heavy atom. The highest BCUT2D eigenvalue weighted by Crippen LogP contribution is 2.44. The van der Waals surface area contributed by atoms with Gasteiger partial charge in [0.05, 0.1) is 0 Å². The van der Waals surface area contributed by atoms with Crippen LogP contribution in [0.3, 0.4) is 0 Å². The van der Waals surface area contributed by atoms with Crippen molar-refractivity contribution in [2.75, 3.05) is 6.61 Å². The average molecular weight is 326 g/mol. The molecule has 1 aliphatic rings. The fraction of sp³-hybridized carbons (Fsp3) is 0.118. The van der Waals surface area contributed by atoms with Gasteiger partial charge in [0.2, 0.25) is 0 Å². The summed E-state index contributed by atoms with van der Waals surface area (Å²) in [4.78, 5) is 32.8. The lowest BCUT2D eigenvalue weighted by molar-refractivity contribution is -0.150. The lowest BCUT2D eigenvalue weighted by Gasteiger charge is -2.14. The van der Waals surface area contributed by atoms with E-state index in [4.69, 9.17) is 9.84 Å². The number of fused-ring (bicyclic) bond motifs is 3. The molecule has 0 bridgehead atoms. The number of carboxylic acid groups (broad SMARTS) is 1. The Kier molecular flexibility index (Phi) is 4.15. The molecule has 0 saturated carbocycles. The number of aliphatic carboxylic acids is 1. The molecule has 0 heterocycles. The molecule has 0 aliphatic heterocycles. The maximum atomic E-state index is 11.6. The minimum absolute atomic E-state index is 0.0722. The van der Waals surface area contributed by atoms with Gasteiger partial charge in [-0.1, -0.05) is 48.5 Å². The highest BCUT2D eigenvalue weighted by molar-refractivity contribution is 6.31. The second kappa shape index (κ2) is 6.41. The van der Waals surface area contributed by atoms with Gasteiger partial charge in [-0.25, -0.2) is 15.0 Å². The van der Waals surface area contributed by atoms with Crippen LogP contribution in [0.25, 0.3) is 11.1 Å². The van der Waals surface area contributed by atoms with Crippen LogP contribution in [0.2, 0.25) is 0 Å². The van der Waals surface area contributed by atoms with Gasteiger partial charge in [-0.2, -0.15) is 0 Å². The van der Waals surface area contributed by atoms with E-state index < -0.39 is 18.0 Å². The van der Waals surface area contributed by atoms with Crippen LogP contribution in [-0.2, 0) is 14.3 Å². The number of carboxylic acids is 1. The van der Waals surface area contributed by atoms with Crippen LogP contribution in [0, 0.1) is 0 Å². The third kappa shape index (κ3) is 2.91. The van der Waals surface area contributed by atoms with Crippen LogP contribution in [-0.4, -0.2) is 29.7 Å². The zero-order valence-electron chi connectivity index (χ0n) is 12.5. The van der Waals surface area contributed by atoms with Crippen molar-refractivity contribution in [1.29, 1.82) is 0 Å². The van der Waals surface area contributed by atoms with E-state index in [2.05, 4.69) is 0 Å². The molecule has 0 unspecified atom stereocenters. The van der Waals surface area contributed by atoms with Gasteiger partial charge < -0.3 is 9.84 Å². The van der Waals surface area contributed by atoms with Crippen molar-refractivity contribution in [3.63, 3.8) is 0 Å². The Bertz CT molecular complexity index is 773. The fourth-order valence-electron chi connectivity index (χ4n) is 2.80. The molecule has 122 valence electrons. The molecule has 1 aliphatic carbocycles. The van der Waals surface area contributed by atoms with E-state index in [1.165, 1.54) is 0 Å². The van der Waals surface area contributed by atoms with Gasteiger partial charge in [-0.3, -0.25) is 10.2 Å². The van der Waals surface area contributed by atoms with Gasteiger partial charge in [0, 0.05) is 5.92 Å². The summed E-state index contributed by atoms with van der Waals surface area (Å²) in [5.41, 5.74) is 7.94. The minimum atomic E-state index is -1.70. The molecule has 0 atom stereocenters. The molecule has 2 aromatic rings. The van der Waals surface area contributed by atoms with Crippen molar-refractivity contribution < 1.29 is 24.2 Å². The molecule has 0 aromatic heterocycles. The standard InChI is InChI=1S/C17H14N2O5/c20-15(16(21)22)18-19-17(23)24-9-14-12-7-3-1-5-10(12)11-6-2-4-8-13(11)14/h1-8,14H,9H2,(H,18,20)(H,19,23)(H,21,22). The normalized spacial score (nSPS) is 12.0. The van der Waals surface area contributed by atoms with Crippen LogP contribution >= 0.6 is 0 Å². The van der Waals surface area contributed by atoms with Crippen molar-refractivity contribution in [2.24, 2.45) is 0 Å². The molecule has 7 heteroatoms. The van der Waals surface area contributed by atoms with E-state index in [0.717, 1.165) is 22.3 Å². The lowest BCUT2D eigenvalue weighted by Crippen LogP contribution is -2.45. The first kappa shape index (κ1) is 15.5. The van der Waals surface area contributed by atoms with Gasteiger partial charge in [0.1, 0.15) is 6.61 Å². The molecular formula is C17H14N2O5. The summed E-state index contributed by atoms with van der Waals surface area (Å²) >= 11 is 0. The molecular weight excluding hydrogens is 312 g/mol. The van der Waals surface area contributed by atoms with Gasteiger partial charge in [0.25, 0.3) is 0 Å². The minimum Gasteiger partial charge on any atom is -0.474 e. The summed E-state index contributed by atoms with van der Waals surface area (Å²) in [6.45, 7) is 0.0722. The van der Waals surface area contributed by atoms with E-state index in [-0.39, 0.29) is 12.5 Å². The van der Waals surface area contributed by atoms with E-state index in [9.17, 15) is 14.4 Å².